The molecule has 2 aromatic rings. The second kappa shape index (κ2) is 6.49. The number of hydrogen-bond acceptors (Lipinski definition) is 3. The van der Waals surface area contributed by atoms with Gasteiger partial charge in [0.1, 0.15) is 0 Å². The van der Waals surface area contributed by atoms with Gasteiger partial charge in [0.2, 0.25) is 0 Å². The summed E-state index contributed by atoms with van der Waals surface area (Å²) in [4.78, 5) is 0. The quantitative estimate of drug-likeness (QED) is 0.672. The lowest BCUT2D eigenvalue weighted by Gasteiger charge is -2.29. The number of alkyl halides is 2. The Morgan fingerprint density at radius 3 is 2.14 bits per heavy atom. The average Bonchev–Trinajstić information content (AvgIpc) is 2.47. The fourth-order valence-corrected chi connectivity index (χ4v) is 4.56. The highest BCUT2D eigenvalue weighted by Crippen LogP contribution is 2.67. The largest absolute Gasteiger partial charge is 0.345 e. The molecule has 0 aliphatic carbocycles. The molecule has 0 radical (unpaired) electrons. The minimum atomic E-state index is -3.72. The number of fused-ring (bicyclic) bond motifs is 1. The summed E-state index contributed by atoms with van der Waals surface area (Å²) in [5, 5.41) is 1.64. The van der Waals surface area contributed by atoms with Crippen LogP contribution in [0.15, 0.2) is 42.5 Å². The smallest absolute Gasteiger partial charge is 0.325 e. The summed E-state index contributed by atoms with van der Waals surface area (Å²) >= 11 is 5.06. The third kappa shape index (κ3) is 3.16. The molecule has 2 aromatic carbocycles. The van der Waals surface area contributed by atoms with E-state index in [2.05, 4.69) is 0 Å². The van der Waals surface area contributed by atoms with Gasteiger partial charge in [0.25, 0.3) is 6.49 Å². The standard InChI is InChI=1S/C15H17F2O2PS/c1-3-18-20(21,19-4-2)15(16,17)14-10-9-12-7-5-6-8-13(12)11-14/h5-11H,3-4H2,1-2H3. The second-order valence-electron chi connectivity index (χ2n) is 4.44. The highest BCUT2D eigenvalue weighted by Gasteiger charge is 2.50. The van der Waals surface area contributed by atoms with Crippen LogP contribution in [0.5, 0.6) is 0 Å². The Morgan fingerprint density at radius 1 is 1.00 bits per heavy atom. The van der Waals surface area contributed by atoms with Crippen molar-refractivity contribution in [1.82, 2.24) is 0 Å². The van der Waals surface area contributed by atoms with Crippen LogP contribution >= 0.6 is 6.49 Å². The molecular weight excluding hydrogens is 313 g/mol. The first-order valence-electron chi connectivity index (χ1n) is 6.71. The van der Waals surface area contributed by atoms with Gasteiger partial charge in [-0.15, -0.1) is 0 Å². The molecule has 114 valence electrons. The Kier molecular flexibility index (Phi) is 5.10. The molecule has 2 nitrogen and oxygen atoms in total. The first-order valence-corrected chi connectivity index (χ1v) is 9.34. The molecule has 0 aliphatic rings. The van der Waals surface area contributed by atoms with E-state index in [0.717, 1.165) is 10.8 Å². The van der Waals surface area contributed by atoms with E-state index < -0.39 is 12.2 Å². The van der Waals surface area contributed by atoms with Crippen LogP contribution in [0.3, 0.4) is 0 Å². The van der Waals surface area contributed by atoms with E-state index in [1.54, 1.807) is 26.0 Å². The predicted molar refractivity (Wildman–Crippen MR) is 85.4 cm³/mol. The first-order chi connectivity index (χ1) is 9.94. The number of halogens is 2. The lowest BCUT2D eigenvalue weighted by Crippen LogP contribution is -2.18. The molecule has 0 unspecified atom stereocenters. The number of benzene rings is 2. The topological polar surface area (TPSA) is 18.5 Å². The summed E-state index contributed by atoms with van der Waals surface area (Å²) in [5.41, 5.74) is -3.48. The maximum atomic E-state index is 14.8. The molecule has 0 saturated heterocycles. The van der Waals surface area contributed by atoms with Crippen LogP contribution in [0.1, 0.15) is 19.4 Å². The van der Waals surface area contributed by atoms with E-state index in [1.807, 2.05) is 18.2 Å². The number of rotatable bonds is 6. The van der Waals surface area contributed by atoms with E-state index in [-0.39, 0.29) is 18.8 Å². The number of hydrogen-bond donors (Lipinski definition) is 0. The third-order valence-corrected chi connectivity index (χ3v) is 6.50. The lowest BCUT2D eigenvalue weighted by molar-refractivity contribution is 0.0555. The predicted octanol–water partition coefficient (Wildman–Crippen LogP) is 5.27. The van der Waals surface area contributed by atoms with Crippen molar-refractivity contribution in [1.29, 1.82) is 0 Å². The Bertz CT molecular complexity index is 666. The highest BCUT2D eigenvalue weighted by atomic mass is 32.5. The van der Waals surface area contributed by atoms with Crippen molar-refractivity contribution in [2.45, 2.75) is 19.5 Å². The summed E-state index contributed by atoms with van der Waals surface area (Å²) < 4.78 is 39.9. The van der Waals surface area contributed by atoms with E-state index in [9.17, 15) is 8.78 Å². The van der Waals surface area contributed by atoms with Gasteiger partial charge >= 0.3 is 5.66 Å². The zero-order valence-corrected chi connectivity index (χ0v) is 13.6. The molecule has 0 fully saturated rings. The maximum absolute atomic E-state index is 14.8. The molecule has 0 aliphatic heterocycles. The van der Waals surface area contributed by atoms with Gasteiger partial charge in [0, 0.05) is 5.56 Å². The van der Waals surface area contributed by atoms with Gasteiger partial charge in [-0.2, -0.15) is 8.78 Å². The van der Waals surface area contributed by atoms with Crippen LogP contribution in [-0.2, 0) is 26.5 Å². The van der Waals surface area contributed by atoms with Gasteiger partial charge in [-0.05, 0) is 42.5 Å². The van der Waals surface area contributed by atoms with Gasteiger partial charge in [-0.1, -0.05) is 36.4 Å². The van der Waals surface area contributed by atoms with Gasteiger partial charge in [-0.3, -0.25) is 0 Å². The molecule has 0 bridgehead atoms. The SMILES string of the molecule is CCOP(=S)(OCC)C(F)(F)c1ccc2ccccc2c1. The van der Waals surface area contributed by atoms with Crippen molar-refractivity contribution in [2.24, 2.45) is 0 Å². The molecule has 21 heavy (non-hydrogen) atoms. The van der Waals surface area contributed by atoms with Crippen molar-refractivity contribution in [3.05, 3.63) is 48.0 Å². The third-order valence-electron chi connectivity index (χ3n) is 3.04. The summed E-state index contributed by atoms with van der Waals surface area (Å²) in [6.07, 6.45) is 0. The maximum Gasteiger partial charge on any atom is 0.345 e. The fourth-order valence-electron chi connectivity index (χ4n) is 2.07. The molecule has 0 N–H and O–H groups in total. The summed E-state index contributed by atoms with van der Waals surface area (Å²) in [6, 6.07) is 11.8. The van der Waals surface area contributed by atoms with Gasteiger partial charge in [0.05, 0.1) is 13.2 Å². The van der Waals surface area contributed by atoms with Crippen LogP contribution in [0, 0.1) is 0 Å². The Labute approximate surface area is 128 Å². The van der Waals surface area contributed by atoms with Gasteiger partial charge < -0.3 is 9.05 Å². The van der Waals surface area contributed by atoms with Crippen molar-refractivity contribution >= 4 is 29.1 Å². The summed E-state index contributed by atoms with van der Waals surface area (Å²) in [5.74, 6) is 0. The van der Waals surface area contributed by atoms with Crippen LogP contribution in [0.25, 0.3) is 10.8 Å². The Balaban J connectivity index is 2.50. The van der Waals surface area contributed by atoms with E-state index in [1.165, 1.54) is 12.1 Å². The minimum absolute atomic E-state index is 0.0977. The summed E-state index contributed by atoms with van der Waals surface area (Å²) in [6.45, 7) is -0.256. The minimum Gasteiger partial charge on any atom is -0.325 e. The van der Waals surface area contributed by atoms with Crippen LogP contribution in [0.4, 0.5) is 8.78 Å². The second-order valence-corrected chi connectivity index (χ2v) is 7.95. The van der Waals surface area contributed by atoms with Crippen LogP contribution in [0.2, 0.25) is 0 Å². The zero-order chi connectivity index (χ0) is 15.5. The normalized spacial score (nSPS) is 12.8. The molecule has 0 atom stereocenters. The van der Waals surface area contributed by atoms with Crippen molar-refractivity contribution in [2.75, 3.05) is 13.2 Å². The summed E-state index contributed by atoms with van der Waals surface area (Å²) in [7, 11) is 0. The van der Waals surface area contributed by atoms with E-state index >= 15 is 0 Å². The van der Waals surface area contributed by atoms with Gasteiger partial charge in [0.15, 0.2) is 0 Å². The average molecular weight is 330 g/mol. The Hall–Kier alpha value is -0.870. The van der Waals surface area contributed by atoms with Crippen LogP contribution in [-0.4, -0.2) is 13.2 Å². The van der Waals surface area contributed by atoms with Crippen molar-refractivity contribution < 1.29 is 17.8 Å². The van der Waals surface area contributed by atoms with Crippen molar-refractivity contribution in [3.63, 3.8) is 0 Å². The van der Waals surface area contributed by atoms with E-state index in [0.29, 0.717) is 0 Å². The molecule has 0 amide bonds. The molecule has 2 rings (SSSR count). The molecule has 0 heterocycles. The molecular formula is C15H17F2O2PS. The molecule has 0 aromatic heterocycles. The lowest BCUT2D eigenvalue weighted by atomic mass is 10.1. The Morgan fingerprint density at radius 2 is 1.57 bits per heavy atom. The molecule has 0 spiro atoms. The fraction of sp³-hybridized carbons (Fsp3) is 0.333. The molecule has 6 heteroatoms. The highest BCUT2D eigenvalue weighted by molar-refractivity contribution is 8.10. The van der Waals surface area contributed by atoms with E-state index in [4.69, 9.17) is 20.9 Å². The van der Waals surface area contributed by atoms with Gasteiger partial charge in [-0.25, -0.2) is 0 Å². The first kappa shape index (κ1) is 16.5. The molecule has 0 saturated carbocycles. The zero-order valence-electron chi connectivity index (χ0n) is 11.9. The van der Waals surface area contributed by atoms with Crippen molar-refractivity contribution in [3.8, 4) is 0 Å². The monoisotopic (exact) mass is 330 g/mol. The van der Waals surface area contributed by atoms with Crippen LogP contribution < -0.4 is 0 Å².